The smallest absolute Gasteiger partial charge is 0.228 e. The van der Waals surface area contributed by atoms with Gasteiger partial charge in [0.25, 0.3) is 0 Å². The summed E-state index contributed by atoms with van der Waals surface area (Å²) in [5, 5.41) is 2.97. The van der Waals surface area contributed by atoms with E-state index < -0.39 is 0 Å². The summed E-state index contributed by atoms with van der Waals surface area (Å²) in [5.41, 5.74) is 2.97. The molecule has 3 heteroatoms. The molecular formula is C16H18N2O. The fraction of sp³-hybridized carbons (Fsp3) is 0.250. The van der Waals surface area contributed by atoms with E-state index in [4.69, 9.17) is 0 Å². The Hall–Kier alpha value is -2.16. The van der Waals surface area contributed by atoms with E-state index in [0.29, 0.717) is 12.3 Å². The van der Waals surface area contributed by atoms with E-state index in [1.807, 2.05) is 36.4 Å². The van der Waals surface area contributed by atoms with Gasteiger partial charge < -0.3 is 5.32 Å². The third-order valence-corrected chi connectivity index (χ3v) is 2.94. The molecule has 1 heterocycles. The van der Waals surface area contributed by atoms with E-state index in [2.05, 4.69) is 24.1 Å². The van der Waals surface area contributed by atoms with Crippen molar-refractivity contribution >= 4 is 11.6 Å². The Balaban J connectivity index is 2.07. The summed E-state index contributed by atoms with van der Waals surface area (Å²) in [4.78, 5) is 16.0. The quantitative estimate of drug-likeness (QED) is 0.908. The monoisotopic (exact) mass is 254 g/mol. The fourth-order valence-corrected chi connectivity index (χ4v) is 2.00. The lowest BCUT2D eigenvalue weighted by Gasteiger charge is -2.13. The van der Waals surface area contributed by atoms with Crippen LogP contribution in [0.1, 0.15) is 30.9 Å². The predicted octanol–water partition coefficient (Wildman–Crippen LogP) is 3.39. The van der Waals surface area contributed by atoms with Gasteiger partial charge in [-0.05, 0) is 29.2 Å². The Bertz CT molecular complexity index is 550. The van der Waals surface area contributed by atoms with Gasteiger partial charge in [-0.25, -0.2) is 0 Å². The van der Waals surface area contributed by atoms with Crippen molar-refractivity contribution < 1.29 is 4.79 Å². The maximum atomic E-state index is 12.0. The molecule has 0 spiro atoms. The second kappa shape index (κ2) is 6.14. The standard InChI is InChI=1S/C16H18N2O/c1-12(2)14-7-3-4-8-15(14)18-16(19)10-13-6-5-9-17-11-13/h3-9,11-12H,10H2,1-2H3,(H,18,19). The number of amides is 1. The molecule has 0 bridgehead atoms. The maximum Gasteiger partial charge on any atom is 0.228 e. The van der Waals surface area contributed by atoms with Crippen molar-refractivity contribution in [3.8, 4) is 0 Å². The number of carbonyl (C=O) groups excluding carboxylic acids is 1. The van der Waals surface area contributed by atoms with E-state index in [1.165, 1.54) is 0 Å². The van der Waals surface area contributed by atoms with E-state index in [9.17, 15) is 4.79 Å². The summed E-state index contributed by atoms with van der Waals surface area (Å²) in [7, 11) is 0. The van der Waals surface area contributed by atoms with Gasteiger partial charge in [0, 0.05) is 18.1 Å². The van der Waals surface area contributed by atoms with Crippen LogP contribution in [0.25, 0.3) is 0 Å². The Morgan fingerprint density at radius 2 is 2.00 bits per heavy atom. The second-order valence-corrected chi connectivity index (χ2v) is 4.83. The van der Waals surface area contributed by atoms with Crippen LogP contribution in [0.15, 0.2) is 48.8 Å². The average molecular weight is 254 g/mol. The van der Waals surface area contributed by atoms with Gasteiger partial charge in [0.05, 0.1) is 6.42 Å². The number of aromatic nitrogens is 1. The maximum absolute atomic E-state index is 12.0. The molecule has 0 atom stereocenters. The number of para-hydroxylation sites is 1. The summed E-state index contributed by atoms with van der Waals surface area (Å²) in [5.74, 6) is 0.371. The minimum absolute atomic E-state index is 0.0129. The second-order valence-electron chi connectivity index (χ2n) is 4.83. The molecule has 0 fully saturated rings. The highest BCUT2D eigenvalue weighted by Crippen LogP contribution is 2.23. The first kappa shape index (κ1) is 13.3. The summed E-state index contributed by atoms with van der Waals surface area (Å²) in [6.07, 6.45) is 3.77. The third kappa shape index (κ3) is 3.65. The molecule has 98 valence electrons. The van der Waals surface area contributed by atoms with Crippen molar-refractivity contribution in [2.24, 2.45) is 0 Å². The molecule has 0 saturated carbocycles. The van der Waals surface area contributed by atoms with Crippen LogP contribution in [0.2, 0.25) is 0 Å². The molecule has 1 aromatic carbocycles. The van der Waals surface area contributed by atoms with Crippen molar-refractivity contribution in [1.82, 2.24) is 4.98 Å². The lowest BCUT2D eigenvalue weighted by Crippen LogP contribution is -2.15. The van der Waals surface area contributed by atoms with Gasteiger partial charge in [-0.3, -0.25) is 9.78 Å². The normalized spacial score (nSPS) is 10.5. The highest BCUT2D eigenvalue weighted by Gasteiger charge is 2.09. The Morgan fingerprint density at radius 3 is 2.68 bits per heavy atom. The molecule has 1 N–H and O–H groups in total. The van der Waals surface area contributed by atoms with Gasteiger partial charge in [-0.15, -0.1) is 0 Å². The van der Waals surface area contributed by atoms with Gasteiger partial charge in [0.1, 0.15) is 0 Å². The minimum atomic E-state index is -0.0129. The van der Waals surface area contributed by atoms with E-state index in [0.717, 1.165) is 16.8 Å². The molecule has 0 aliphatic rings. The zero-order chi connectivity index (χ0) is 13.7. The highest BCUT2D eigenvalue weighted by molar-refractivity contribution is 5.93. The number of pyridine rings is 1. The first-order valence-corrected chi connectivity index (χ1v) is 6.44. The molecule has 0 aliphatic carbocycles. The van der Waals surface area contributed by atoms with Gasteiger partial charge in [0.2, 0.25) is 5.91 Å². The van der Waals surface area contributed by atoms with Crippen molar-refractivity contribution in [3.63, 3.8) is 0 Å². The Morgan fingerprint density at radius 1 is 1.21 bits per heavy atom. The van der Waals surface area contributed by atoms with Crippen LogP contribution < -0.4 is 5.32 Å². The number of rotatable bonds is 4. The number of benzene rings is 1. The number of nitrogens with one attached hydrogen (secondary N) is 1. The number of nitrogens with zero attached hydrogens (tertiary/aromatic N) is 1. The average Bonchev–Trinajstić information content (AvgIpc) is 2.40. The van der Waals surface area contributed by atoms with Crippen LogP contribution in [-0.4, -0.2) is 10.9 Å². The minimum Gasteiger partial charge on any atom is -0.326 e. The van der Waals surface area contributed by atoms with Crippen molar-refractivity contribution in [3.05, 3.63) is 59.9 Å². The first-order valence-electron chi connectivity index (χ1n) is 6.44. The molecule has 2 rings (SSSR count). The molecule has 1 amide bonds. The number of anilines is 1. The van der Waals surface area contributed by atoms with Gasteiger partial charge >= 0.3 is 0 Å². The van der Waals surface area contributed by atoms with Crippen molar-refractivity contribution in [2.75, 3.05) is 5.32 Å². The molecule has 2 aromatic rings. The van der Waals surface area contributed by atoms with Crippen LogP contribution in [0, 0.1) is 0 Å². The lowest BCUT2D eigenvalue weighted by atomic mass is 10.0. The SMILES string of the molecule is CC(C)c1ccccc1NC(=O)Cc1cccnc1. The Kier molecular flexibility index (Phi) is 4.29. The van der Waals surface area contributed by atoms with Crippen molar-refractivity contribution in [2.45, 2.75) is 26.2 Å². The van der Waals surface area contributed by atoms with E-state index in [-0.39, 0.29) is 5.91 Å². The van der Waals surface area contributed by atoms with Crippen LogP contribution in [0.5, 0.6) is 0 Å². The zero-order valence-corrected chi connectivity index (χ0v) is 11.3. The summed E-state index contributed by atoms with van der Waals surface area (Å²) < 4.78 is 0. The lowest BCUT2D eigenvalue weighted by molar-refractivity contribution is -0.115. The topological polar surface area (TPSA) is 42.0 Å². The van der Waals surface area contributed by atoms with Crippen molar-refractivity contribution in [1.29, 1.82) is 0 Å². The van der Waals surface area contributed by atoms with Gasteiger partial charge in [-0.1, -0.05) is 38.1 Å². The molecule has 3 nitrogen and oxygen atoms in total. The summed E-state index contributed by atoms with van der Waals surface area (Å²) in [6, 6.07) is 11.7. The molecule has 0 saturated heterocycles. The van der Waals surface area contributed by atoms with Gasteiger partial charge in [0.15, 0.2) is 0 Å². The Labute approximate surface area is 113 Å². The summed E-state index contributed by atoms with van der Waals surface area (Å²) >= 11 is 0. The summed E-state index contributed by atoms with van der Waals surface area (Å²) in [6.45, 7) is 4.23. The molecule has 19 heavy (non-hydrogen) atoms. The van der Waals surface area contributed by atoms with E-state index >= 15 is 0 Å². The molecule has 0 aliphatic heterocycles. The number of hydrogen-bond acceptors (Lipinski definition) is 2. The van der Waals surface area contributed by atoms with Gasteiger partial charge in [-0.2, -0.15) is 0 Å². The predicted molar refractivity (Wildman–Crippen MR) is 77.1 cm³/mol. The zero-order valence-electron chi connectivity index (χ0n) is 11.3. The number of hydrogen-bond donors (Lipinski definition) is 1. The van der Waals surface area contributed by atoms with Crippen LogP contribution in [0.4, 0.5) is 5.69 Å². The first-order chi connectivity index (χ1) is 9.16. The largest absolute Gasteiger partial charge is 0.326 e. The molecular weight excluding hydrogens is 236 g/mol. The number of carbonyl (C=O) groups is 1. The van der Waals surface area contributed by atoms with Crippen LogP contribution in [-0.2, 0) is 11.2 Å². The molecule has 0 radical (unpaired) electrons. The van der Waals surface area contributed by atoms with Crippen LogP contribution >= 0.6 is 0 Å². The van der Waals surface area contributed by atoms with Crippen LogP contribution in [0.3, 0.4) is 0 Å². The van der Waals surface area contributed by atoms with E-state index in [1.54, 1.807) is 12.4 Å². The molecule has 0 unspecified atom stereocenters. The highest BCUT2D eigenvalue weighted by atomic mass is 16.1. The molecule has 1 aromatic heterocycles. The fourth-order valence-electron chi connectivity index (χ4n) is 2.00. The third-order valence-electron chi connectivity index (χ3n) is 2.94.